The Morgan fingerprint density at radius 3 is 2.23 bits per heavy atom. The van der Waals surface area contributed by atoms with Gasteiger partial charge in [-0.2, -0.15) is 0 Å². The summed E-state index contributed by atoms with van der Waals surface area (Å²) >= 11 is 0. The zero-order valence-electron chi connectivity index (χ0n) is 25.3. The molecule has 0 radical (unpaired) electrons. The number of rotatable bonds is 10. The lowest BCUT2D eigenvalue weighted by atomic mass is 9.81. The first-order valence-corrected chi connectivity index (χ1v) is 15.3. The molecule has 1 saturated carbocycles. The third-order valence-corrected chi connectivity index (χ3v) is 8.91. The fourth-order valence-electron chi connectivity index (χ4n) is 6.71. The van der Waals surface area contributed by atoms with E-state index in [1.54, 1.807) is 0 Å². The highest BCUT2D eigenvalue weighted by Gasteiger charge is 2.48. The summed E-state index contributed by atoms with van der Waals surface area (Å²) in [6.07, 6.45) is 4.00. The van der Waals surface area contributed by atoms with Gasteiger partial charge in [0.1, 0.15) is 5.75 Å². The molecule has 226 valence electrons. The lowest BCUT2D eigenvalue weighted by Crippen LogP contribution is -2.35. The minimum absolute atomic E-state index is 0.0645. The van der Waals surface area contributed by atoms with Gasteiger partial charge >= 0.3 is 5.97 Å². The number of aryl methyl sites for hydroxylation is 4. The van der Waals surface area contributed by atoms with Crippen molar-refractivity contribution in [2.45, 2.75) is 71.4 Å². The number of carbonyl (C=O) groups excluding carboxylic acids is 1. The van der Waals surface area contributed by atoms with Crippen LogP contribution in [0.4, 0.5) is 5.69 Å². The Hall–Kier alpha value is -4.04. The molecule has 3 aliphatic rings. The Balaban J connectivity index is 1.34. The molecular formula is C35H40N2O6. The number of fused-ring (bicyclic) bond motifs is 1. The molecule has 43 heavy (non-hydrogen) atoms. The number of anilines is 1. The first kappa shape index (κ1) is 29.1. The molecule has 0 bridgehead atoms. The third kappa shape index (κ3) is 5.93. The van der Waals surface area contributed by atoms with Gasteiger partial charge in [-0.25, -0.2) is 0 Å². The topological polar surface area (TPSA) is 97.3 Å². The summed E-state index contributed by atoms with van der Waals surface area (Å²) in [5.74, 6) is -0.114. The molecule has 3 atom stereocenters. The van der Waals surface area contributed by atoms with Crippen LogP contribution in [0.25, 0.3) is 0 Å². The minimum atomic E-state index is -0.895. The molecule has 8 heteroatoms. The summed E-state index contributed by atoms with van der Waals surface area (Å²) in [5.41, 5.74) is 6.95. The average molecular weight is 585 g/mol. The summed E-state index contributed by atoms with van der Waals surface area (Å²) in [5, 5.41) is 13.9. The molecule has 0 aromatic heterocycles. The molecular weight excluding hydrogens is 544 g/mol. The van der Waals surface area contributed by atoms with Gasteiger partial charge in [0.05, 0.1) is 18.6 Å². The van der Waals surface area contributed by atoms with Crippen LogP contribution in [0.5, 0.6) is 17.2 Å². The van der Waals surface area contributed by atoms with Crippen molar-refractivity contribution < 1.29 is 28.9 Å². The van der Waals surface area contributed by atoms with Crippen molar-refractivity contribution in [2.75, 3.05) is 25.2 Å². The Labute approximate surface area is 252 Å². The van der Waals surface area contributed by atoms with Crippen LogP contribution in [0.2, 0.25) is 0 Å². The maximum atomic E-state index is 13.7. The maximum absolute atomic E-state index is 13.7. The summed E-state index contributed by atoms with van der Waals surface area (Å²) in [7, 11) is 0. The van der Waals surface area contributed by atoms with Gasteiger partial charge in [0, 0.05) is 24.2 Å². The highest BCUT2D eigenvalue weighted by molar-refractivity contribution is 5.94. The van der Waals surface area contributed by atoms with E-state index in [9.17, 15) is 14.7 Å². The van der Waals surface area contributed by atoms with E-state index in [1.807, 2.05) is 48.2 Å². The van der Waals surface area contributed by atoms with Crippen molar-refractivity contribution >= 4 is 17.6 Å². The molecule has 2 N–H and O–H groups in total. The second-order valence-electron chi connectivity index (χ2n) is 12.0. The van der Waals surface area contributed by atoms with Crippen molar-refractivity contribution in [3.8, 4) is 17.2 Å². The molecule has 3 aromatic carbocycles. The van der Waals surface area contributed by atoms with Crippen LogP contribution in [0.1, 0.15) is 72.0 Å². The summed E-state index contributed by atoms with van der Waals surface area (Å²) in [4.78, 5) is 28.8. The Kier molecular flexibility index (Phi) is 8.05. The van der Waals surface area contributed by atoms with Crippen LogP contribution in [0.3, 0.4) is 0 Å². The van der Waals surface area contributed by atoms with Crippen molar-refractivity contribution in [3.05, 3.63) is 81.9 Å². The first-order chi connectivity index (χ1) is 20.7. The van der Waals surface area contributed by atoms with Crippen LogP contribution >= 0.6 is 0 Å². The molecule has 1 aliphatic carbocycles. The minimum Gasteiger partial charge on any atom is -0.490 e. The number of hydrogen-bond donors (Lipinski definition) is 2. The van der Waals surface area contributed by atoms with Crippen molar-refractivity contribution in [1.29, 1.82) is 0 Å². The molecule has 0 spiro atoms. The van der Waals surface area contributed by atoms with Gasteiger partial charge < -0.3 is 24.6 Å². The molecule has 1 saturated heterocycles. The highest BCUT2D eigenvalue weighted by Crippen LogP contribution is 2.49. The second-order valence-corrected chi connectivity index (χ2v) is 12.0. The van der Waals surface area contributed by atoms with Gasteiger partial charge in [-0.3, -0.25) is 14.5 Å². The standard InChI is InChI=1S/C35H40N2O6/c1-5-22-13-20(3)14-23(6-2)33(22)36-31(38)18-37-17-28(27-16-30-29(15-21(27)4)41-19-42-30)32(35(39)40)34(37)24-7-9-25(10-8-24)43-26-11-12-26/h7-10,13-16,26,28,32,34H,5-6,11-12,17-19H2,1-4H3,(H,36,38)(H,39,40)/t28-,32?,34+/m1/s1. The van der Waals surface area contributed by atoms with E-state index in [0.717, 1.165) is 64.9 Å². The number of aliphatic carboxylic acids is 1. The van der Waals surface area contributed by atoms with Gasteiger partial charge in [0.2, 0.25) is 12.7 Å². The largest absolute Gasteiger partial charge is 0.490 e. The van der Waals surface area contributed by atoms with Gasteiger partial charge in [0.15, 0.2) is 11.5 Å². The Morgan fingerprint density at radius 2 is 1.63 bits per heavy atom. The van der Waals surface area contributed by atoms with Crippen LogP contribution in [-0.2, 0) is 22.4 Å². The Bertz CT molecular complexity index is 1510. The van der Waals surface area contributed by atoms with E-state index < -0.39 is 17.9 Å². The molecule has 1 amide bonds. The quantitative estimate of drug-likeness (QED) is 0.294. The maximum Gasteiger partial charge on any atom is 0.309 e. The van der Waals surface area contributed by atoms with Gasteiger partial charge in [-0.15, -0.1) is 0 Å². The van der Waals surface area contributed by atoms with Crippen molar-refractivity contribution in [3.63, 3.8) is 0 Å². The monoisotopic (exact) mass is 584 g/mol. The predicted octanol–water partition coefficient (Wildman–Crippen LogP) is 6.18. The molecule has 6 rings (SSSR count). The first-order valence-electron chi connectivity index (χ1n) is 15.3. The number of carboxylic acids is 1. The van der Waals surface area contributed by atoms with Crippen LogP contribution in [0, 0.1) is 19.8 Å². The van der Waals surface area contributed by atoms with Gasteiger partial charge in [-0.1, -0.05) is 43.7 Å². The van der Waals surface area contributed by atoms with Crippen molar-refractivity contribution in [2.24, 2.45) is 5.92 Å². The number of hydrogen-bond acceptors (Lipinski definition) is 6. The molecule has 3 aromatic rings. The number of likely N-dealkylation sites (tertiary alicyclic amines) is 1. The summed E-state index contributed by atoms with van der Waals surface area (Å²) in [6.45, 7) is 8.85. The number of ether oxygens (including phenoxy) is 3. The Morgan fingerprint density at radius 1 is 0.977 bits per heavy atom. The SMILES string of the molecule is CCc1cc(C)cc(CC)c1NC(=O)CN1C[C@H](c2cc3c(cc2C)OCO3)C(C(=O)O)[C@@H]1c1ccc(OC2CC2)cc1. The second kappa shape index (κ2) is 11.9. The molecule has 1 unspecified atom stereocenters. The zero-order chi connectivity index (χ0) is 30.2. The normalized spacial score (nSPS) is 21.2. The van der Waals surface area contributed by atoms with E-state index in [2.05, 4.69) is 38.2 Å². The smallest absolute Gasteiger partial charge is 0.309 e. The molecule has 2 fully saturated rings. The lowest BCUT2D eigenvalue weighted by Gasteiger charge is -2.27. The van der Waals surface area contributed by atoms with Crippen LogP contribution in [-0.4, -0.2) is 47.9 Å². The molecule has 8 nitrogen and oxygen atoms in total. The number of carbonyl (C=O) groups is 2. The number of amides is 1. The fraction of sp³-hybridized carbons (Fsp3) is 0.429. The fourth-order valence-corrected chi connectivity index (χ4v) is 6.71. The van der Waals surface area contributed by atoms with E-state index >= 15 is 0 Å². The summed E-state index contributed by atoms with van der Waals surface area (Å²) < 4.78 is 17.2. The number of nitrogens with one attached hydrogen (secondary N) is 1. The van der Waals surface area contributed by atoms with Crippen molar-refractivity contribution in [1.82, 2.24) is 4.90 Å². The van der Waals surface area contributed by atoms with E-state index in [0.29, 0.717) is 18.0 Å². The average Bonchev–Trinajstić information content (AvgIpc) is 3.55. The number of benzene rings is 3. The summed E-state index contributed by atoms with van der Waals surface area (Å²) in [6, 6.07) is 15.3. The zero-order valence-corrected chi connectivity index (χ0v) is 25.3. The highest BCUT2D eigenvalue weighted by atomic mass is 16.7. The molecule has 2 aliphatic heterocycles. The van der Waals surface area contributed by atoms with E-state index in [4.69, 9.17) is 14.2 Å². The van der Waals surface area contributed by atoms with Crippen LogP contribution < -0.4 is 19.5 Å². The third-order valence-electron chi connectivity index (χ3n) is 8.91. The lowest BCUT2D eigenvalue weighted by molar-refractivity contribution is -0.143. The number of nitrogens with zero attached hydrogens (tertiary/aromatic N) is 1. The van der Waals surface area contributed by atoms with Gasteiger partial charge in [0.25, 0.3) is 0 Å². The number of carboxylic acid groups (broad SMARTS) is 1. The molecule has 2 heterocycles. The van der Waals surface area contributed by atoms with Crippen LogP contribution in [0.15, 0.2) is 48.5 Å². The van der Waals surface area contributed by atoms with E-state index in [1.165, 1.54) is 5.56 Å². The van der Waals surface area contributed by atoms with E-state index in [-0.39, 0.29) is 31.3 Å². The van der Waals surface area contributed by atoms with Gasteiger partial charge in [-0.05, 0) is 91.6 Å². The predicted molar refractivity (Wildman–Crippen MR) is 164 cm³/mol.